The Labute approximate surface area is 133 Å². The zero-order valence-corrected chi connectivity index (χ0v) is 14.4. The summed E-state index contributed by atoms with van der Waals surface area (Å²) in [5, 5.41) is 3.35. The van der Waals surface area contributed by atoms with Crippen molar-refractivity contribution < 1.29 is 13.3 Å². The summed E-state index contributed by atoms with van der Waals surface area (Å²) in [6.07, 6.45) is 2.62. The van der Waals surface area contributed by atoms with Gasteiger partial charge in [0.2, 0.25) is 0 Å². The highest BCUT2D eigenvalue weighted by molar-refractivity contribution is 6.77. The predicted molar refractivity (Wildman–Crippen MR) is 93.4 cm³/mol. The van der Waals surface area contributed by atoms with Gasteiger partial charge in [0, 0.05) is 25.0 Å². The van der Waals surface area contributed by atoms with Crippen LogP contribution in [0.25, 0.3) is 10.8 Å². The standard InChI is InChI=1S/C18H24O3Si/c1-4-7-15-21-22(19-5-2,20-6-3)18-14-10-12-16-11-8-9-13-17(16)18/h4,8-14H,1,5-7,15H2,2-3H3. The van der Waals surface area contributed by atoms with E-state index in [2.05, 4.69) is 30.8 Å². The average molecular weight is 316 g/mol. The van der Waals surface area contributed by atoms with E-state index in [-0.39, 0.29) is 0 Å². The fraction of sp³-hybridized carbons (Fsp3) is 0.333. The van der Waals surface area contributed by atoms with Crippen LogP contribution in [0.4, 0.5) is 0 Å². The normalized spacial score (nSPS) is 11.7. The summed E-state index contributed by atoms with van der Waals surface area (Å²) in [5.74, 6) is 0. The van der Waals surface area contributed by atoms with E-state index in [1.165, 1.54) is 5.39 Å². The molecule has 0 bridgehead atoms. The van der Waals surface area contributed by atoms with Crippen LogP contribution in [-0.4, -0.2) is 28.6 Å². The van der Waals surface area contributed by atoms with Gasteiger partial charge in [-0.05, 0) is 31.0 Å². The lowest BCUT2D eigenvalue weighted by atomic mass is 10.1. The van der Waals surface area contributed by atoms with E-state index in [1.54, 1.807) is 0 Å². The van der Waals surface area contributed by atoms with Crippen molar-refractivity contribution in [1.82, 2.24) is 0 Å². The minimum absolute atomic E-state index is 0.555. The molecule has 0 heterocycles. The van der Waals surface area contributed by atoms with Crippen LogP contribution in [0.1, 0.15) is 20.3 Å². The van der Waals surface area contributed by atoms with Gasteiger partial charge < -0.3 is 13.3 Å². The highest BCUT2D eigenvalue weighted by Gasteiger charge is 2.44. The molecule has 0 aromatic heterocycles. The van der Waals surface area contributed by atoms with Crippen LogP contribution in [0.5, 0.6) is 0 Å². The van der Waals surface area contributed by atoms with Gasteiger partial charge in [-0.2, -0.15) is 0 Å². The first kappa shape index (κ1) is 16.9. The third kappa shape index (κ3) is 3.65. The molecule has 0 atom stereocenters. The lowest BCUT2D eigenvalue weighted by Gasteiger charge is -2.30. The fourth-order valence-corrected chi connectivity index (χ4v) is 5.23. The summed E-state index contributed by atoms with van der Waals surface area (Å²) in [6, 6.07) is 14.5. The summed E-state index contributed by atoms with van der Waals surface area (Å²) in [6.45, 7) is 9.37. The summed E-state index contributed by atoms with van der Waals surface area (Å²) >= 11 is 0. The first-order valence-electron chi connectivity index (χ1n) is 7.78. The quantitative estimate of drug-likeness (QED) is 0.401. The highest BCUT2D eigenvalue weighted by Crippen LogP contribution is 2.19. The van der Waals surface area contributed by atoms with Crippen molar-refractivity contribution in [2.75, 3.05) is 19.8 Å². The van der Waals surface area contributed by atoms with Gasteiger partial charge in [-0.1, -0.05) is 48.5 Å². The van der Waals surface area contributed by atoms with Crippen LogP contribution in [0.15, 0.2) is 55.1 Å². The molecule has 2 rings (SSSR count). The Bertz CT molecular complexity index is 601. The Morgan fingerprint density at radius 2 is 1.64 bits per heavy atom. The molecule has 0 amide bonds. The largest absolute Gasteiger partial charge is 0.537 e. The van der Waals surface area contributed by atoms with Crippen molar-refractivity contribution in [2.24, 2.45) is 0 Å². The third-order valence-electron chi connectivity index (χ3n) is 3.40. The first-order chi connectivity index (χ1) is 10.8. The van der Waals surface area contributed by atoms with E-state index >= 15 is 0 Å². The highest BCUT2D eigenvalue weighted by atomic mass is 28.4. The molecule has 0 saturated heterocycles. The van der Waals surface area contributed by atoms with Crippen LogP contribution in [-0.2, 0) is 13.3 Å². The molecule has 0 radical (unpaired) electrons. The smallest absolute Gasteiger partial charge is 0.370 e. The molecule has 0 unspecified atom stereocenters. The number of benzene rings is 2. The van der Waals surface area contributed by atoms with Crippen LogP contribution in [0.2, 0.25) is 0 Å². The molecule has 0 aliphatic rings. The lowest BCUT2D eigenvalue weighted by molar-refractivity contribution is 0.0832. The fourth-order valence-electron chi connectivity index (χ4n) is 2.51. The summed E-state index contributed by atoms with van der Waals surface area (Å²) < 4.78 is 18.3. The molecule has 118 valence electrons. The Morgan fingerprint density at radius 3 is 2.32 bits per heavy atom. The molecule has 3 nitrogen and oxygen atoms in total. The second-order valence-electron chi connectivity index (χ2n) is 4.87. The zero-order valence-electron chi connectivity index (χ0n) is 13.4. The number of hydrogen-bond donors (Lipinski definition) is 0. The maximum Gasteiger partial charge on any atom is 0.537 e. The number of hydrogen-bond acceptors (Lipinski definition) is 3. The van der Waals surface area contributed by atoms with Crippen LogP contribution >= 0.6 is 0 Å². The molecule has 2 aromatic carbocycles. The second-order valence-corrected chi connectivity index (χ2v) is 7.39. The first-order valence-corrected chi connectivity index (χ1v) is 9.51. The van der Waals surface area contributed by atoms with E-state index in [9.17, 15) is 0 Å². The zero-order chi connectivity index (χ0) is 15.8. The molecule has 2 aromatic rings. The summed E-state index contributed by atoms with van der Waals surface area (Å²) in [4.78, 5) is 0. The van der Waals surface area contributed by atoms with Crippen molar-refractivity contribution in [3.8, 4) is 0 Å². The second kappa shape index (κ2) is 8.24. The Morgan fingerprint density at radius 1 is 0.955 bits per heavy atom. The van der Waals surface area contributed by atoms with Gasteiger partial charge in [0.05, 0.1) is 0 Å². The molecular formula is C18H24O3Si. The minimum atomic E-state index is -2.92. The molecule has 0 N–H and O–H groups in total. The van der Waals surface area contributed by atoms with Crippen molar-refractivity contribution >= 4 is 24.8 Å². The SMILES string of the molecule is C=CCCO[Si](OCC)(OCC)c1cccc2ccccc12. The minimum Gasteiger partial charge on any atom is -0.370 e. The van der Waals surface area contributed by atoms with E-state index in [0.29, 0.717) is 19.8 Å². The molecular weight excluding hydrogens is 292 g/mol. The maximum atomic E-state index is 6.17. The van der Waals surface area contributed by atoms with Crippen molar-refractivity contribution in [3.05, 3.63) is 55.1 Å². The predicted octanol–water partition coefficient (Wildman–Crippen LogP) is 3.65. The van der Waals surface area contributed by atoms with Crippen LogP contribution in [0.3, 0.4) is 0 Å². The molecule has 4 heteroatoms. The van der Waals surface area contributed by atoms with Gasteiger partial charge in [0.15, 0.2) is 0 Å². The van der Waals surface area contributed by atoms with Crippen molar-refractivity contribution in [1.29, 1.82) is 0 Å². The van der Waals surface area contributed by atoms with Gasteiger partial charge in [-0.3, -0.25) is 0 Å². The van der Waals surface area contributed by atoms with Gasteiger partial charge >= 0.3 is 8.80 Å². The molecule has 0 saturated carbocycles. The molecule has 0 spiro atoms. The van der Waals surface area contributed by atoms with Crippen LogP contribution in [0, 0.1) is 0 Å². The van der Waals surface area contributed by atoms with E-state index < -0.39 is 8.80 Å². The Kier molecular flexibility index (Phi) is 6.33. The van der Waals surface area contributed by atoms with Gasteiger partial charge in [-0.25, -0.2) is 0 Å². The van der Waals surface area contributed by atoms with Crippen LogP contribution < -0.4 is 5.19 Å². The lowest BCUT2D eigenvalue weighted by Crippen LogP contribution is -2.57. The summed E-state index contributed by atoms with van der Waals surface area (Å²) in [7, 11) is -2.92. The molecule has 0 aliphatic heterocycles. The third-order valence-corrected chi connectivity index (χ3v) is 6.42. The topological polar surface area (TPSA) is 27.7 Å². The van der Waals surface area contributed by atoms with Gasteiger partial charge in [0.1, 0.15) is 0 Å². The number of fused-ring (bicyclic) bond motifs is 1. The van der Waals surface area contributed by atoms with Crippen molar-refractivity contribution in [2.45, 2.75) is 20.3 Å². The molecule has 0 fully saturated rings. The molecule has 22 heavy (non-hydrogen) atoms. The number of rotatable bonds is 9. The summed E-state index contributed by atoms with van der Waals surface area (Å²) in [5.41, 5.74) is 0. The monoisotopic (exact) mass is 316 g/mol. The maximum absolute atomic E-state index is 6.17. The molecule has 0 aliphatic carbocycles. The van der Waals surface area contributed by atoms with E-state index in [0.717, 1.165) is 17.0 Å². The van der Waals surface area contributed by atoms with E-state index in [1.807, 2.05) is 38.1 Å². The van der Waals surface area contributed by atoms with Crippen molar-refractivity contribution in [3.63, 3.8) is 0 Å². The van der Waals surface area contributed by atoms with E-state index in [4.69, 9.17) is 13.3 Å². The van der Waals surface area contributed by atoms with Gasteiger partial charge in [0.25, 0.3) is 0 Å². The Balaban J connectivity index is 2.50. The average Bonchev–Trinajstić information content (AvgIpc) is 2.55. The Hall–Kier alpha value is -1.46. The van der Waals surface area contributed by atoms with Gasteiger partial charge in [-0.15, -0.1) is 6.58 Å².